The van der Waals surface area contributed by atoms with Crippen molar-refractivity contribution >= 4 is 39.7 Å². The summed E-state index contributed by atoms with van der Waals surface area (Å²) in [6, 6.07) is 7.84. The Morgan fingerprint density at radius 3 is 3.05 bits per heavy atom. The van der Waals surface area contributed by atoms with Gasteiger partial charge in [-0.15, -0.1) is 10.2 Å². The number of nitrogens with one attached hydrogen (secondary N) is 2. The maximum Gasteiger partial charge on any atom is 0.230 e. The molecule has 1 aromatic carbocycles. The number of hydrogen-bond acceptors (Lipinski definition) is 5. The Bertz CT molecular complexity index is 754. The Morgan fingerprint density at radius 2 is 2.21 bits per heavy atom. The van der Waals surface area contributed by atoms with Crippen molar-refractivity contribution in [2.24, 2.45) is 0 Å². The monoisotopic (exact) mass is 273 g/mol. The number of amides is 1. The Kier molecular flexibility index (Phi) is 3.04. The minimum atomic E-state index is -0.0645. The molecule has 0 radical (unpaired) electrons. The lowest BCUT2D eigenvalue weighted by Crippen LogP contribution is -2.19. The molecule has 0 aliphatic carbocycles. The number of carbonyl (C=O) groups is 1. The molecule has 2 heterocycles. The lowest BCUT2D eigenvalue weighted by Gasteiger charge is -1.98. The third-order valence-corrected chi connectivity index (χ3v) is 3.55. The zero-order valence-electron chi connectivity index (χ0n) is 10.2. The number of para-hydroxylation sites is 1. The highest BCUT2D eigenvalue weighted by atomic mass is 32.2. The summed E-state index contributed by atoms with van der Waals surface area (Å²) in [7, 11) is 1.60. The summed E-state index contributed by atoms with van der Waals surface area (Å²) in [5, 5.41) is 12.3. The average molecular weight is 273 g/mol. The predicted molar refractivity (Wildman–Crippen MR) is 74.0 cm³/mol. The van der Waals surface area contributed by atoms with E-state index in [1.54, 1.807) is 7.05 Å². The second-order valence-corrected chi connectivity index (χ2v) is 4.87. The first-order valence-electron chi connectivity index (χ1n) is 5.72. The number of thioether (sulfide) groups is 1. The minimum absolute atomic E-state index is 0.0645. The van der Waals surface area contributed by atoms with Crippen LogP contribution in [0, 0.1) is 0 Å². The SMILES string of the molecule is CNC(=O)CSc1nnc2c(n1)[nH]c1ccccc12. The third kappa shape index (κ3) is 2.24. The highest BCUT2D eigenvalue weighted by molar-refractivity contribution is 7.99. The normalized spacial score (nSPS) is 11.0. The summed E-state index contributed by atoms with van der Waals surface area (Å²) in [5.41, 5.74) is 2.42. The smallest absolute Gasteiger partial charge is 0.230 e. The maximum atomic E-state index is 11.2. The standard InChI is InChI=1S/C12H11N5OS/c1-13-9(18)6-19-12-15-11-10(16-17-12)7-4-2-3-5-8(7)14-11/h2-5H,6H2,1H3,(H,13,18)(H,14,15,17). The summed E-state index contributed by atoms with van der Waals surface area (Å²) in [6.45, 7) is 0. The molecule has 7 heteroatoms. The molecule has 0 fully saturated rings. The van der Waals surface area contributed by atoms with Crippen molar-refractivity contribution in [2.75, 3.05) is 12.8 Å². The van der Waals surface area contributed by atoms with Crippen LogP contribution < -0.4 is 5.32 Å². The summed E-state index contributed by atoms with van der Waals surface area (Å²) < 4.78 is 0. The highest BCUT2D eigenvalue weighted by Gasteiger charge is 2.09. The molecule has 0 saturated carbocycles. The van der Waals surface area contributed by atoms with Gasteiger partial charge in [0.1, 0.15) is 5.52 Å². The number of carbonyl (C=O) groups excluding carboxylic acids is 1. The van der Waals surface area contributed by atoms with Crippen LogP contribution in [0.2, 0.25) is 0 Å². The van der Waals surface area contributed by atoms with Crippen molar-refractivity contribution in [1.82, 2.24) is 25.5 Å². The fourth-order valence-electron chi connectivity index (χ4n) is 1.77. The van der Waals surface area contributed by atoms with Crippen LogP contribution in [0.15, 0.2) is 29.4 Å². The van der Waals surface area contributed by atoms with Crippen molar-refractivity contribution in [1.29, 1.82) is 0 Å². The van der Waals surface area contributed by atoms with Crippen LogP contribution >= 0.6 is 11.8 Å². The van der Waals surface area contributed by atoms with E-state index in [1.807, 2.05) is 24.3 Å². The van der Waals surface area contributed by atoms with E-state index in [0.717, 1.165) is 16.4 Å². The van der Waals surface area contributed by atoms with Crippen LogP contribution in [-0.2, 0) is 4.79 Å². The molecule has 0 bridgehead atoms. The molecule has 3 aromatic rings. The van der Waals surface area contributed by atoms with Crippen LogP contribution in [0.1, 0.15) is 0 Å². The van der Waals surface area contributed by atoms with Gasteiger partial charge in [-0.25, -0.2) is 4.98 Å². The first kappa shape index (κ1) is 11.9. The molecule has 2 aromatic heterocycles. The predicted octanol–water partition coefficient (Wildman–Crippen LogP) is 1.34. The van der Waals surface area contributed by atoms with Gasteiger partial charge in [0, 0.05) is 18.0 Å². The number of aromatic amines is 1. The van der Waals surface area contributed by atoms with Gasteiger partial charge in [0.15, 0.2) is 5.65 Å². The van der Waals surface area contributed by atoms with Crippen LogP contribution in [-0.4, -0.2) is 38.9 Å². The van der Waals surface area contributed by atoms with Gasteiger partial charge in [0.05, 0.1) is 5.75 Å². The molecule has 1 amide bonds. The molecule has 0 saturated heterocycles. The van der Waals surface area contributed by atoms with Gasteiger partial charge in [-0.05, 0) is 6.07 Å². The molecule has 96 valence electrons. The van der Waals surface area contributed by atoms with E-state index >= 15 is 0 Å². The Hall–Kier alpha value is -2.15. The molecule has 0 unspecified atom stereocenters. The van der Waals surface area contributed by atoms with Crippen molar-refractivity contribution in [3.05, 3.63) is 24.3 Å². The van der Waals surface area contributed by atoms with Crippen molar-refractivity contribution < 1.29 is 4.79 Å². The molecule has 0 spiro atoms. The number of nitrogens with zero attached hydrogens (tertiary/aromatic N) is 3. The molecule has 0 aliphatic rings. The summed E-state index contributed by atoms with van der Waals surface area (Å²) in [6.07, 6.45) is 0. The third-order valence-electron chi connectivity index (χ3n) is 2.71. The fourth-order valence-corrected chi connectivity index (χ4v) is 2.43. The van der Waals surface area contributed by atoms with Gasteiger partial charge in [-0.3, -0.25) is 4.79 Å². The van der Waals surface area contributed by atoms with Crippen LogP contribution in [0.25, 0.3) is 22.1 Å². The Balaban J connectivity index is 1.97. The molecule has 19 heavy (non-hydrogen) atoms. The lowest BCUT2D eigenvalue weighted by molar-refractivity contribution is -0.118. The Labute approximate surface area is 113 Å². The van der Waals surface area contributed by atoms with E-state index < -0.39 is 0 Å². The first-order chi connectivity index (χ1) is 9.28. The van der Waals surface area contributed by atoms with E-state index in [1.165, 1.54) is 11.8 Å². The summed E-state index contributed by atoms with van der Waals surface area (Å²) in [5.74, 6) is 0.217. The van der Waals surface area contributed by atoms with E-state index in [-0.39, 0.29) is 11.7 Å². The minimum Gasteiger partial charge on any atom is -0.358 e. The quantitative estimate of drug-likeness (QED) is 0.704. The number of hydrogen-bond donors (Lipinski definition) is 2. The number of fused-ring (bicyclic) bond motifs is 3. The number of rotatable bonds is 3. The maximum absolute atomic E-state index is 11.2. The summed E-state index contributed by atoms with van der Waals surface area (Å²) >= 11 is 1.26. The van der Waals surface area contributed by atoms with Gasteiger partial charge in [-0.1, -0.05) is 30.0 Å². The van der Waals surface area contributed by atoms with Gasteiger partial charge < -0.3 is 10.3 Å². The first-order valence-corrected chi connectivity index (χ1v) is 6.71. The second-order valence-electron chi connectivity index (χ2n) is 3.92. The van der Waals surface area contributed by atoms with E-state index in [2.05, 4.69) is 25.5 Å². The van der Waals surface area contributed by atoms with Crippen LogP contribution in [0.3, 0.4) is 0 Å². The van der Waals surface area contributed by atoms with E-state index in [9.17, 15) is 4.79 Å². The molecule has 3 rings (SSSR count). The van der Waals surface area contributed by atoms with Crippen molar-refractivity contribution in [3.63, 3.8) is 0 Å². The van der Waals surface area contributed by atoms with Gasteiger partial charge >= 0.3 is 0 Å². The highest BCUT2D eigenvalue weighted by Crippen LogP contribution is 2.22. The molecule has 0 aliphatic heterocycles. The number of aromatic nitrogens is 4. The molecular formula is C12H11N5OS. The number of benzene rings is 1. The van der Waals surface area contributed by atoms with Crippen LogP contribution in [0.4, 0.5) is 0 Å². The van der Waals surface area contributed by atoms with E-state index in [4.69, 9.17) is 0 Å². The van der Waals surface area contributed by atoms with Crippen molar-refractivity contribution in [3.8, 4) is 0 Å². The second kappa shape index (κ2) is 4.85. The average Bonchev–Trinajstić information content (AvgIpc) is 2.82. The van der Waals surface area contributed by atoms with Gasteiger partial charge in [0.25, 0.3) is 0 Å². The molecule has 2 N–H and O–H groups in total. The fraction of sp³-hybridized carbons (Fsp3) is 0.167. The van der Waals surface area contributed by atoms with E-state index in [0.29, 0.717) is 10.8 Å². The largest absolute Gasteiger partial charge is 0.358 e. The zero-order valence-corrected chi connectivity index (χ0v) is 11.0. The number of H-pyrrole nitrogens is 1. The van der Waals surface area contributed by atoms with Gasteiger partial charge in [-0.2, -0.15) is 0 Å². The summed E-state index contributed by atoms with van der Waals surface area (Å²) in [4.78, 5) is 18.7. The zero-order chi connectivity index (χ0) is 13.2. The van der Waals surface area contributed by atoms with Crippen molar-refractivity contribution in [2.45, 2.75) is 5.16 Å². The Morgan fingerprint density at radius 1 is 1.37 bits per heavy atom. The molecule has 6 nitrogen and oxygen atoms in total. The van der Waals surface area contributed by atoms with Crippen LogP contribution in [0.5, 0.6) is 0 Å². The van der Waals surface area contributed by atoms with Gasteiger partial charge in [0.2, 0.25) is 11.1 Å². The molecular weight excluding hydrogens is 262 g/mol. The molecule has 0 atom stereocenters. The topological polar surface area (TPSA) is 83.6 Å². The lowest BCUT2D eigenvalue weighted by atomic mass is 10.2.